The van der Waals surface area contributed by atoms with Gasteiger partial charge in [0.25, 0.3) is 0 Å². The molecule has 2 aliphatic carbocycles. The topological polar surface area (TPSA) is 223 Å². The van der Waals surface area contributed by atoms with Crippen molar-refractivity contribution in [1.82, 2.24) is 39.0 Å². The van der Waals surface area contributed by atoms with E-state index in [1.165, 1.54) is 19.0 Å². The Morgan fingerprint density at radius 3 is 2.31 bits per heavy atom. The van der Waals surface area contributed by atoms with Gasteiger partial charge >= 0.3 is 13.5 Å². The van der Waals surface area contributed by atoms with Crippen LogP contribution in [-0.4, -0.2) is 75.5 Å². The molecule has 4 fully saturated rings. The molecule has 2 bridgehead atoms. The minimum absolute atomic E-state index is 0.0116. The summed E-state index contributed by atoms with van der Waals surface area (Å²) in [7, 11) is 0. The standard InChI is InChI=1S/C24H30N10O7P2S2/c1-10-13-4-37-42(35,44)41-18-11(2)16(33-8-31-14-19(25)27-6-29-21(14)33)12-3-24(12,18)5-38-43(36,45)40-17(10)23(39-13)34-9-32-15-20(26)28-7-30-22(15)34/h6-13,16-18,23H,3-5H2,1-2H3,(H,35,44)(H,36,45)(H2,25,27,29)(H2,26,28,30)/t10-,11+,12-,13-,16+,17-,18+,23-,24?,42?,43?/m1/s1. The molecular formula is C24H30N10O7P2S2. The third-order valence-corrected chi connectivity index (χ3v) is 12.8. The Hall–Kier alpha value is -2.31. The fraction of sp³-hybridized carbons (Fsp3) is 0.583. The highest BCUT2D eigenvalue weighted by Gasteiger charge is 2.72. The molecule has 4 aromatic heterocycles. The van der Waals surface area contributed by atoms with Gasteiger partial charge in [-0.15, -0.1) is 0 Å². The van der Waals surface area contributed by atoms with E-state index in [9.17, 15) is 9.46 Å². The van der Waals surface area contributed by atoms with Gasteiger partial charge in [0.2, 0.25) is 0 Å². The molecular weight excluding hydrogens is 666 g/mol. The Labute approximate surface area is 266 Å². The lowest BCUT2D eigenvalue weighted by molar-refractivity contribution is -0.0500. The van der Waals surface area contributed by atoms with Crippen LogP contribution in [0.25, 0.3) is 22.3 Å². The molecule has 0 radical (unpaired) electrons. The second kappa shape index (κ2) is 10.3. The van der Waals surface area contributed by atoms with Crippen LogP contribution in [0, 0.1) is 23.2 Å². The molecule has 1 spiro atoms. The van der Waals surface area contributed by atoms with Crippen LogP contribution in [0.4, 0.5) is 11.6 Å². The Kier molecular flexibility index (Phi) is 6.91. The summed E-state index contributed by atoms with van der Waals surface area (Å²) in [4.78, 5) is 37.0. The van der Waals surface area contributed by atoms with Gasteiger partial charge in [0.1, 0.15) is 29.8 Å². The highest BCUT2D eigenvalue weighted by Crippen LogP contribution is 2.74. The molecule has 17 nitrogen and oxygen atoms in total. The van der Waals surface area contributed by atoms with E-state index in [1.807, 2.05) is 18.4 Å². The van der Waals surface area contributed by atoms with Crippen molar-refractivity contribution in [1.29, 1.82) is 0 Å². The van der Waals surface area contributed by atoms with Gasteiger partial charge in [0, 0.05) is 23.3 Å². The van der Waals surface area contributed by atoms with E-state index < -0.39 is 49.4 Å². The summed E-state index contributed by atoms with van der Waals surface area (Å²) in [6, 6.07) is -0.176. The number of imidazole rings is 2. The summed E-state index contributed by atoms with van der Waals surface area (Å²) in [6.07, 6.45) is 3.55. The number of aromatic nitrogens is 8. The Morgan fingerprint density at radius 2 is 1.62 bits per heavy atom. The van der Waals surface area contributed by atoms with Crippen LogP contribution >= 0.6 is 25.8 Å². The van der Waals surface area contributed by atoms with Crippen molar-refractivity contribution >= 4 is 71.5 Å². The molecule has 11 atom stereocenters. The Balaban J connectivity index is 1.14. The first-order valence-corrected chi connectivity index (χ1v) is 19.5. The molecule has 240 valence electrons. The van der Waals surface area contributed by atoms with Gasteiger partial charge in [-0.05, 0) is 24.1 Å². The molecule has 0 amide bonds. The van der Waals surface area contributed by atoms with Crippen molar-refractivity contribution in [3.63, 3.8) is 0 Å². The molecule has 2 saturated carbocycles. The quantitative estimate of drug-likeness (QED) is 0.175. The van der Waals surface area contributed by atoms with Gasteiger partial charge in [-0.25, -0.2) is 34.5 Å². The van der Waals surface area contributed by atoms with Gasteiger partial charge in [-0.1, -0.05) is 26.1 Å². The number of nitrogens with two attached hydrogens (primary N) is 2. The highest BCUT2D eigenvalue weighted by atomic mass is 32.7. The molecule has 6 heterocycles. The predicted molar refractivity (Wildman–Crippen MR) is 166 cm³/mol. The minimum Gasteiger partial charge on any atom is -0.382 e. The lowest BCUT2D eigenvalue weighted by atomic mass is 9.94. The maximum absolute atomic E-state index is 13.8. The van der Waals surface area contributed by atoms with Crippen LogP contribution in [0.3, 0.4) is 0 Å². The third kappa shape index (κ3) is 4.74. The number of nitrogens with zero attached hydrogens (tertiary/aromatic N) is 8. The van der Waals surface area contributed by atoms with Crippen molar-refractivity contribution < 1.29 is 32.3 Å². The fourth-order valence-corrected chi connectivity index (χ4v) is 10.5. The van der Waals surface area contributed by atoms with E-state index in [4.69, 9.17) is 46.1 Å². The third-order valence-electron chi connectivity index (χ3n) is 9.64. The summed E-state index contributed by atoms with van der Waals surface area (Å²) in [6.45, 7) is -4.12. The first-order valence-electron chi connectivity index (χ1n) is 14.2. The first kappa shape index (κ1) is 30.1. The van der Waals surface area contributed by atoms with Gasteiger partial charge in [-0.2, -0.15) is 0 Å². The molecule has 5 N–H and O–H groups in total. The lowest BCUT2D eigenvalue weighted by Crippen LogP contribution is -2.32. The van der Waals surface area contributed by atoms with Crippen molar-refractivity contribution in [3.05, 3.63) is 25.3 Å². The minimum atomic E-state index is -3.94. The molecule has 0 aromatic carbocycles. The first-order chi connectivity index (χ1) is 21.4. The summed E-state index contributed by atoms with van der Waals surface area (Å²) in [5.41, 5.74) is 13.2. The predicted octanol–water partition coefficient (Wildman–Crippen LogP) is 2.63. The van der Waals surface area contributed by atoms with E-state index in [0.29, 0.717) is 28.7 Å². The second-order valence-corrected chi connectivity index (χ2v) is 17.8. The Bertz CT molecular complexity index is 1930. The van der Waals surface area contributed by atoms with Crippen molar-refractivity contribution in [2.75, 3.05) is 24.7 Å². The maximum atomic E-state index is 13.8. The van der Waals surface area contributed by atoms with Gasteiger partial charge in [0.15, 0.2) is 29.2 Å². The van der Waals surface area contributed by atoms with Gasteiger partial charge < -0.3 is 34.7 Å². The van der Waals surface area contributed by atoms with E-state index in [1.54, 1.807) is 10.9 Å². The van der Waals surface area contributed by atoms with Crippen LogP contribution in [-0.2, 0) is 39.2 Å². The van der Waals surface area contributed by atoms with E-state index in [-0.39, 0.29) is 42.7 Å². The van der Waals surface area contributed by atoms with Gasteiger partial charge in [-0.3, -0.25) is 13.6 Å². The van der Waals surface area contributed by atoms with E-state index >= 15 is 0 Å². The average molecular weight is 697 g/mol. The number of rotatable bonds is 2. The summed E-state index contributed by atoms with van der Waals surface area (Å²) < 4.78 is 48.2. The lowest BCUT2D eigenvalue weighted by Gasteiger charge is -2.32. The number of hydrogen-bond donors (Lipinski definition) is 4. The molecule has 3 unspecified atom stereocenters. The van der Waals surface area contributed by atoms with Crippen LogP contribution < -0.4 is 11.5 Å². The summed E-state index contributed by atoms with van der Waals surface area (Å²) in [5, 5.41) is 0. The number of anilines is 2. The summed E-state index contributed by atoms with van der Waals surface area (Å²) in [5.74, 6) is -0.171. The SMILES string of the molecule is C[C@H]1[C@H]2OP(O)(=S)OCC34C[C@@H]3[C@@H](n3cnc5c(N)ncnc53)[C@H](C)[C@@H]4OP(=O)(S)OC[C@H]1O[C@H]2n1cnc2c(N)ncnc21. The maximum Gasteiger partial charge on any atom is 0.386 e. The zero-order valence-corrected chi connectivity index (χ0v) is 27.4. The molecule has 2 aliphatic heterocycles. The smallest absolute Gasteiger partial charge is 0.382 e. The summed E-state index contributed by atoms with van der Waals surface area (Å²) >= 11 is 9.95. The molecule has 45 heavy (non-hydrogen) atoms. The monoisotopic (exact) mass is 696 g/mol. The normalized spacial score (nSPS) is 41.7. The van der Waals surface area contributed by atoms with E-state index in [0.717, 1.165) is 0 Å². The molecule has 21 heteroatoms. The second-order valence-electron chi connectivity index (χ2n) is 12.1. The van der Waals surface area contributed by atoms with Crippen molar-refractivity contribution in [2.24, 2.45) is 23.2 Å². The molecule has 2 saturated heterocycles. The van der Waals surface area contributed by atoms with Crippen LogP contribution in [0.2, 0.25) is 0 Å². The zero-order chi connectivity index (χ0) is 31.5. The highest BCUT2D eigenvalue weighted by molar-refractivity contribution is 8.44. The molecule has 4 aromatic rings. The molecule has 4 aliphatic rings. The number of ether oxygens (including phenoxy) is 1. The van der Waals surface area contributed by atoms with Crippen LogP contribution in [0.5, 0.6) is 0 Å². The fourth-order valence-electron chi connectivity index (χ4n) is 7.39. The number of nitrogen functional groups attached to an aromatic ring is 2. The van der Waals surface area contributed by atoms with Crippen molar-refractivity contribution in [2.45, 2.75) is 50.8 Å². The molecule has 8 rings (SSSR count). The van der Waals surface area contributed by atoms with E-state index in [2.05, 4.69) is 42.2 Å². The van der Waals surface area contributed by atoms with Crippen LogP contribution in [0.15, 0.2) is 25.3 Å². The number of thiol groups is 1. The number of fused-ring (bicyclic) bond motifs is 4. The van der Waals surface area contributed by atoms with Crippen molar-refractivity contribution in [3.8, 4) is 0 Å². The average Bonchev–Trinajstić information content (AvgIpc) is 3.28. The Morgan fingerprint density at radius 1 is 0.978 bits per heavy atom. The van der Waals surface area contributed by atoms with Crippen LogP contribution in [0.1, 0.15) is 32.5 Å². The number of hydrogen-bond acceptors (Lipinski definition) is 15. The largest absolute Gasteiger partial charge is 0.386 e. The zero-order valence-electron chi connectivity index (χ0n) is 23.9. The van der Waals surface area contributed by atoms with Gasteiger partial charge in [0.05, 0.1) is 38.1 Å².